The summed E-state index contributed by atoms with van der Waals surface area (Å²) in [7, 11) is 0. The Labute approximate surface area is 153 Å². The van der Waals surface area contributed by atoms with Crippen LogP contribution in [-0.2, 0) is 16.0 Å². The van der Waals surface area contributed by atoms with Gasteiger partial charge < -0.3 is 20.1 Å². The van der Waals surface area contributed by atoms with Crippen LogP contribution in [0.4, 0.5) is 0 Å². The SMILES string of the molecule is CCOC1CC(NC(=O)c2[nH]c(C)c(C(C)=O)c2CC)(C(=O)O)C1(C)C. The van der Waals surface area contributed by atoms with Crippen molar-refractivity contribution >= 4 is 17.7 Å². The third kappa shape index (κ3) is 2.84. The number of ketones is 1. The number of aryl methyl sites for hydroxylation is 1. The van der Waals surface area contributed by atoms with Crippen molar-refractivity contribution in [1.82, 2.24) is 10.3 Å². The molecule has 0 spiro atoms. The fourth-order valence-corrected chi connectivity index (χ4v) is 3.99. The van der Waals surface area contributed by atoms with Gasteiger partial charge in [0.25, 0.3) is 5.91 Å². The number of aliphatic carboxylic acids is 1. The van der Waals surface area contributed by atoms with Gasteiger partial charge in [-0.1, -0.05) is 20.8 Å². The van der Waals surface area contributed by atoms with Crippen molar-refractivity contribution < 1.29 is 24.2 Å². The number of carboxylic acid groups (broad SMARTS) is 1. The van der Waals surface area contributed by atoms with E-state index in [1.807, 2.05) is 13.8 Å². The third-order valence-electron chi connectivity index (χ3n) is 5.68. The van der Waals surface area contributed by atoms with Crippen molar-refractivity contribution in [2.75, 3.05) is 6.61 Å². The number of H-pyrrole nitrogens is 1. The molecule has 1 saturated carbocycles. The van der Waals surface area contributed by atoms with Gasteiger partial charge in [0.15, 0.2) is 5.78 Å². The van der Waals surface area contributed by atoms with Crippen LogP contribution >= 0.6 is 0 Å². The summed E-state index contributed by atoms with van der Waals surface area (Å²) in [6, 6.07) is 0. The molecule has 26 heavy (non-hydrogen) atoms. The van der Waals surface area contributed by atoms with Crippen LogP contribution in [0.5, 0.6) is 0 Å². The zero-order valence-electron chi connectivity index (χ0n) is 16.3. The molecule has 1 aromatic rings. The first-order valence-electron chi connectivity index (χ1n) is 8.93. The topological polar surface area (TPSA) is 108 Å². The summed E-state index contributed by atoms with van der Waals surface area (Å²) in [4.78, 5) is 39.8. The fraction of sp³-hybridized carbons (Fsp3) is 0.632. The van der Waals surface area contributed by atoms with Gasteiger partial charge in [-0.2, -0.15) is 0 Å². The quantitative estimate of drug-likeness (QED) is 0.644. The number of carboxylic acids is 1. The van der Waals surface area contributed by atoms with Gasteiger partial charge in [0.2, 0.25) is 0 Å². The summed E-state index contributed by atoms with van der Waals surface area (Å²) in [5.41, 5.74) is -0.184. The van der Waals surface area contributed by atoms with Crippen molar-refractivity contribution in [3.05, 3.63) is 22.5 Å². The van der Waals surface area contributed by atoms with Gasteiger partial charge in [-0.25, -0.2) is 4.79 Å². The highest BCUT2D eigenvalue weighted by Crippen LogP contribution is 2.51. The van der Waals surface area contributed by atoms with Crippen LogP contribution in [0.2, 0.25) is 0 Å². The monoisotopic (exact) mass is 364 g/mol. The van der Waals surface area contributed by atoms with E-state index in [0.717, 1.165) is 0 Å². The lowest BCUT2D eigenvalue weighted by atomic mass is 9.54. The first kappa shape index (κ1) is 20.2. The van der Waals surface area contributed by atoms with E-state index < -0.39 is 22.8 Å². The van der Waals surface area contributed by atoms with E-state index in [0.29, 0.717) is 29.8 Å². The van der Waals surface area contributed by atoms with Crippen LogP contribution in [0.25, 0.3) is 0 Å². The molecule has 7 nitrogen and oxygen atoms in total. The number of aromatic nitrogens is 1. The second kappa shape index (κ2) is 6.87. The Kier molecular flexibility index (Phi) is 5.33. The molecule has 1 aromatic heterocycles. The van der Waals surface area contributed by atoms with Crippen molar-refractivity contribution in [3.8, 4) is 0 Å². The summed E-state index contributed by atoms with van der Waals surface area (Å²) in [5.74, 6) is -1.72. The van der Waals surface area contributed by atoms with Crippen LogP contribution in [0.3, 0.4) is 0 Å². The zero-order chi connectivity index (χ0) is 19.9. The molecular formula is C19H28N2O5. The molecule has 3 N–H and O–H groups in total. The standard InChI is InChI=1S/C19H28N2O5/c1-7-12-14(11(4)22)10(3)20-15(12)16(23)21-19(17(24)25)9-13(26-8-2)18(19,5)6/h13,20H,7-9H2,1-6H3,(H,21,23)(H,24,25). The first-order chi connectivity index (χ1) is 12.0. The van der Waals surface area contributed by atoms with Crippen LogP contribution in [0, 0.1) is 12.3 Å². The van der Waals surface area contributed by atoms with Gasteiger partial charge in [0.05, 0.1) is 6.10 Å². The molecular weight excluding hydrogens is 336 g/mol. The van der Waals surface area contributed by atoms with Gasteiger partial charge in [-0.05, 0) is 32.8 Å². The number of ether oxygens (including phenoxy) is 1. The molecule has 0 saturated heterocycles. The maximum atomic E-state index is 12.9. The predicted octanol–water partition coefficient (Wildman–Crippen LogP) is 2.48. The Morgan fingerprint density at radius 1 is 1.31 bits per heavy atom. The second-order valence-electron chi connectivity index (χ2n) is 7.42. The number of hydrogen-bond donors (Lipinski definition) is 3. The Hall–Kier alpha value is -2.15. The Morgan fingerprint density at radius 2 is 1.92 bits per heavy atom. The average molecular weight is 364 g/mol. The molecule has 0 radical (unpaired) electrons. The molecule has 2 atom stereocenters. The molecule has 2 unspecified atom stereocenters. The van der Waals surface area contributed by atoms with Crippen LogP contribution in [-0.4, -0.2) is 46.0 Å². The van der Waals surface area contributed by atoms with Crippen molar-refractivity contribution in [2.24, 2.45) is 5.41 Å². The van der Waals surface area contributed by atoms with Gasteiger partial charge in [-0.15, -0.1) is 0 Å². The van der Waals surface area contributed by atoms with Crippen LogP contribution in [0.1, 0.15) is 73.1 Å². The minimum atomic E-state index is -1.41. The largest absolute Gasteiger partial charge is 0.479 e. The van der Waals surface area contributed by atoms with E-state index in [2.05, 4.69) is 10.3 Å². The van der Waals surface area contributed by atoms with E-state index in [-0.39, 0.29) is 24.0 Å². The minimum absolute atomic E-state index is 0.122. The van der Waals surface area contributed by atoms with Crippen molar-refractivity contribution in [2.45, 2.75) is 66.0 Å². The molecule has 1 fully saturated rings. The predicted molar refractivity (Wildman–Crippen MR) is 96.6 cm³/mol. The lowest BCUT2D eigenvalue weighted by Gasteiger charge is -2.58. The number of hydrogen-bond acceptors (Lipinski definition) is 4. The molecule has 7 heteroatoms. The molecule has 1 aliphatic carbocycles. The Bertz CT molecular complexity index is 749. The van der Waals surface area contributed by atoms with E-state index in [9.17, 15) is 19.5 Å². The Morgan fingerprint density at radius 3 is 2.35 bits per heavy atom. The molecule has 1 amide bonds. The third-order valence-corrected chi connectivity index (χ3v) is 5.68. The summed E-state index contributed by atoms with van der Waals surface area (Å²) >= 11 is 0. The molecule has 0 aromatic carbocycles. The number of amides is 1. The van der Waals surface area contributed by atoms with Gasteiger partial charge in [0, 0.05) is 29.7 Å². The highest BCUT2D eigenvalue weighted by atomic mass is 16.5. The van der Waals surface area contributed by atoms with Crippen LogP contribution in [0.15, 0.2) is 0 Å². The molecule has 1 heterocycles. The number of carbonyl (C=O) groups is 3. The lowest BCUT2D eigenvalue weighted by Crippen LogP contribution is -2.76. The molecule has 1 aliphatic rings. The van der Waals surface area contributed by atoms with Crippen LogP contribution < -0.4 is 5.32 Å². The average Bonchev–Trinajstić information content (AvgIpc) is 2.89. The number of carbonyl (C=O) groups excluding carboxylic acids is 2. The summed E-state index contributed by atoms with van der Waals surface area (Å²) in [5, 5.41) is 12.6. The van der Waals surface area contributed by atoms with Gasteiger partial charge in [0.1, 0.15) is 11.2 Å². The lowest BCUT2D eigenvalue weighted by molar-refractivity contribution is -0.190. The summed E-state index contributed by atoms with van der Waals surface area (Å²) < 4.78 is 5.62. The Balaban J connectivity index is 2.38. The van der Waals surface area contributed by atoms with Gasteiger partial charge >= 0.3 is 5.97 Å². The van der Waals surface area contributed by atoms with E-state index in [1.54, 1.807) is 20.8 Å². The molecule has 0 bridgehead atoms. The van der Waals surface area contributed by atoms with E-state index in [4.69, 9.17) is 4.74 Å². The number of nitrogens with one attached hydrogen (secondary N) is 2. The van der Waals surface area contributed by atoms with Crippen molar-refractivity contribution in [3.63, 3.8) is 0 Å². The fourth-order valence-electron chi connectivity index (χ4n) is 3.99. The molecule has 0 aliphatic heterocycles. The minimum Gasteiger partial charge on any atom is -0.479 e. The molecule has 144 valence electrons. The van der Waals surface area contributed by atoms with Crippen molar-refractivity contribution in [1.29, 1.82) is 0 Å². The maximum absolute atomic E-state index is 12.9. The highest BCUT2D eigenvalue weighted by molar-refractivity contribution is 6.04. The van der Waals surface area contributed by atoms with E-state index in [1.165, 1.54) is 6.92 Å². The maximum Gasteiger partial charge on any atom is 0.330 e. The normalized spacial score (nSPS) is 24.0. The van der Waals surface area contributed by atoms with E-state index >= 15 is 0 Å². The summed E-state index contributed by atoms with van der Waals surface area (Å²) in [6.07, 6.45) is 0.454. The zero-order valence-corrected chi connectivity index (χ0v) is 16.3. The molecule has 2 rings (SSSR count). The number of aromatic amines is 1. The number of rotatable bonds is 7. The summed E-state index contributed by atoms with van der Waals surface area (Å²) in [6.45, 7) is 11.0. The first-order valence-corrected chi connectivity index (χ1v) is 8.93. The smallest absolute Gasteiger partial charge is 0.330 e. The second-order valence-corrected chi connectivity index (χ2v) is 7.42. The number of Topliss-reactive ketones (excluding diaryl/α,β-unsaturated/α-hetero) is 1. The highest BCUT2D eigenvalue weighted by Gasteiger charge is 2.66. The van der Waals surface area contributed by atoms with Gasteiger partial charge in [-0.3, -0.25) is 9.59 Å².